The van der Waals surface area contributed by atoms with E-state index in [0.717, 1.165) is 36.5 Å². The summed E-state index contributed by atoms with van der Waals surface area (Å²) in [6.07, 6.45) is -6.18. The molecule has 1 aliphatic rings. The van der Waals surface area contributed by atoms with E-state index in [-0.39, 0.29) is 0 Å². The van der Waals surface area contributed by atoms with Crippen LogP contribution in [0, 0.1) is 10.1 Å². The lowest BCUT2D eigenvalue weighted by molar-refractivity contribution is -0.384. The number of rotatable bonds is 13. The maximum absolute atomic E-state index is 12.1. The van der Waals surface area contributed by atoms with Crippen molar-refractivity contribution in [3.63, 3.8) is 0 Å². The van der Waals surface area contributed by atoms with E-state index in [4.69, 9.17) is 4.74 Å². The highest BCUT2D eigenvalue weighted by Gasteiger charge is 2.48. The number of H-pyrrole nitrogens is 1. The lowest BCUT2D eigenvalue weighted by atomic mass is 10.1. The first kappa shape index (κ1) is 34.1. The molecule has 8 atom stereocenters. The van der Waals surface area contributed by atoms with Gasteiger partial charge in [-0.15, -0.1) is 0 Å². The number of phosphoric acid groups is 4. The fourth-order valence-corrected chi connectivity index (χ4v) is 8.07. The van der Waals surface area contributed by atoms with E-state index < -0.39 is 90.0 Å². The maximum Gasteiger partial charge on any atom is 0.536 e. The number of non-ortho nitro benzene ring substituents is 1. The Morgan fingerprint density at radius 3 is 1.98 bits per heavy atom. The van der Waals surface area contributed by atoms with E-state index in [2.05, 4.69) is 22.0 Å². The Bertz CT molecular complexity index is 1620. The van der Waals surface area contributed by atoms with Crippen molar-refractivity contribution < 1.29 is 79.7 Å². The summed E-state index contributed by atoms with van der Waals surface area (Å²) in [4.78, 5) is 73.3. The van der Waals surface area contributed by atoms with Crippen LogP contribution in [-0.4, -0.2) is 69.2 Å². The monoisotopic (exact) mass is 685 g/mol. The van der Waals surface area contributed by atoms with E-state index >= 15 is 0 Å². The maximum atomic E-state index is 12.1. The van der Waals surface area contributed by atoms with Gasteiger partial charge in [0.15, 0.2) is 6.23 Å². The van der Waals surface area contributed by atoms with Crippen LogP contribution in [0.2, 0.25) is 0 Å². The molecule has 0 amide bonds. The Morgan fingerprint density at radius 1 is 0.881 bits per heavy atom. The number of aromatic amines is 1. The van der Waals surface area contributed by atoms with Crippen molar-refractivity contribution in [1.29, 1.82) is 0 Å². The first-order chi connectivity index (χ1) is 19.2. The van der Waals surface area contributed by atoms with Gasteiger partial charge in [-0.2, -0.15) is 12.9 Å². The average molecular weight is 685 g/mol. The predicted molar refractivity (Wildman–Crippen MR) is 129 cm³/mol. The van der Waals surface area contributed by atoms with Crippen molar-refractivity contribution in [2.75, 3.05) is 6.61 Å². The lowest BCUT2D eigenvalue weighted by Crippen LogP contribution is -2.37. The van der Waals surface area contributed by atoms with Gasteiger partial charge in [0.2, 0.25) is 0 Å². The molecule has 234 valence electrons. The molecular formula is C15H19N3O20P4. The second-order valence-electron chi connectivity index (χ2n) is 7.82. The summed E-state index contributed by atoms with van der Waals surface area (Å²) >= 11 is 0. The summed E-state index contributed by atoms with van der Waals surface area (Å²) in [6, 6.07) is 4.09. The largest absolute Gasteiger partial charge is 0.536 e. The van der Waals surface area contributed by atoms with Crippen LogP contribution in [0.1, 0.15) is 6.23 Å². The highest BCUT2D eigenvalue weighted by atomic mass is 31.3. The van der Waals surface area contributed by atoms with Gasteiger partial charge in [-0.25, -0.2) is 23.1 Å². The molecule has 4 unspecified atom stereocenters. The molecule has 23 nitrogen and oxygen atoms in total. The van der Waals surface area contributed by atoms with Crippen LogP contribution in [0.25, 0.3) is 0 Å². The van der Waals surface area contributed by atoms with Crippen molar-refractivity contribution in [3.05, 3.63) is 67.5 Å². The second kappa shape index (κ2) is 12.7. The quantitative estimate of drug-likeness (QED) is 0.0801. The van der Waals surface area contributed by atoms with Crippen molar-refractivity contribution in [1.82, 2.24) is 9.55 Å². The Hall–Kier alpha value is -2.42. The number of nitrogens with zero attached hydrogens (tertiary/aromatic N) is 2. The van der Waals surface area contributed by atoms with Gasteiger partial charge in [0, 0.05) is 24.4 Å². The third-order valence-corrected chi connectivity index (χ3v) is 10.6. The minimum absolute atomic E-state index is 0.463. The van der Waals surface area contributed by atoms with E-state index in [1.165, 1.54) is 0 Å². The highest BCUT2D eigenvalue weighted by molar-refractivity contribution is 7.69. The van der Waals surface area contributed by atoms with E-state index in [1.54, 1.807) is 0 Å². The minimum atomic E-state index is -6.15. The number of nitro groups is 1. The molecule has 0 radical (unpaired) electrons. The topological polar surface area (TPSA) is 343 Å². The summed E-state index contributed by atoms with van der Waals surface area (Å²) in [7, 11) is -23.7. The van der Waals surface area contributed by atoms with Gasteiger partial charge in [0.1, 0.15) is 24.1 Å². The molecule has 1 aliphatic heterocycles. The molecule has 1 aromatic heterocycles. The fourth-order valence-electron chi connectivity index (χ4n) is 3.12. The molecule has 0 saturated carbocycles. The molecule has 27 heteroatoms. The molecule has 0 spiro atoms. The first-order valence-corrected chi connectivity index (χ1v) is 16.5. The van der Waals surface area contributed by atoms with Gasteiger partial charge in [0.05, 0.1) is 11.5 Å². The Balaban J connectivity index is 1.59. The zero-order valence-electron chi connectivity index (χ0n) is 20.1. The number of hydrogen-bond donors (Lipinski definition) is 7. The molecular weight excluding hydrogens is 666 g/mol. The van der Waals surface area contributed by atoms with Gasteiger partial charge < -0.3 is 34.2 Å². The van der Waals surface area contributed by atoms with E-state index in [9.17, 15) is 67.8 Å². The van der Waals surface area contributed by atoms with Crippen molar-refractivity contribution >= 4 is 37.0 Å². The van der Waals surface area contributed by atoms with Crippen molar-refractivity contribution in [2.45, 2.75) is 24.5 Å². The summed E-state index contributed by atoms with van der Waals surface area (Å²) in [5, 5.41) is 30.9. The summed E-state index contributed by atoms with van der Waals surface area (Å²) < 4.78 is 73.9. The van der Waals surface area contributed by atoms with E-state index in [1.807, 2.05) is 4.98 Å². The van der Waals surface area contributed by atoms with Crippen LogP contribution >= 0.6 is 31.3 Å². The van der Waals surface area contributed by atoms with Crippen LogP contribution in [0.3, 0.4) is 0 Å². The van der Waals surface area contributed by atoms with Crippen molar-refractivity contribution in [3.8, 4) is 5.75 Å². The number of nitro benzene ring substituents is 1. The van der Waals surface area contributed by atoms with Gasteiger partial charge in [-0.3, -0.25) is 33.9 Å². The molecule has 1 aromatic carbocycles. The molecule has 1 fully saturated rings. The van der Waals surface area contributed by atoms with Crippen LogP contribution in [-0.2, 0) is 40.5 Å². The first-order valence-electron chi connectivity index (χ1n) is 10.6. The van der Waals surface area contributed by atoms with E-state index in [0.29, 0.717) is 4.57 Å². The zero-order chi connectivity index (χ0) is 31.7. The predicted octanol–water partition coefficient (Wildman–Crippen LogP) is -0.389. The molecule has 0 aliphatic carbocycles. The summed E-state index contributed by atoms with van der Waals surface area (Å²) in [6.45, 7) is -1.18. The standard InChI is InChI=1S/C15H19N3O20P4/c19-11-5-6-17(15(22)16-11)14-13(21)12(20)10(34-14)7-33-39(25,26)36-41(29,30)38-42(31,32)37-40(27,28)35-9-3-1-8(2-4-9)18(23)24/h1-6,10,12-14,20-21H,7H2,(H,25,26)(H,27,28)(H,29,30)(H,31,32)(H,16,19,22)/t10-,12-,13-,14-/m1/s1. The molecule has 2 aromatic rings. The average Bonchev–Trinajstić information content (AvgIpc) is 3.09. The van der Waals surface area contributed by atoms with Crippen molar-refractivity contribution in [2.24, 2.45) is 0 Å². The molecule has 0 bridgehead atoms. The zero-order valence-corrected chi connectivity index (χ0v) is 23.6. The van der Waals surface area contributed by atoms with Crippen LogP contribution in [0.4, 0.5) is 5.69 Å². The molecule has 7 N–H and O–H groups in total. The Morgan fingerprint density at radius 2 is 1.43 bits per heavy atom. The van der Waals surface area contributed by atoms with Crippen LogP contribution in [0.5, 0.6) is 5.75 Å². The number of hydrogen-bond acceptors (Lipinski definition) is 16. The molecule has 3 rings (SSSR count). The number of ether oxygens (including phenoxy) is 1. The smallest absolute Gasteiger partial charge is 0.404 e. The number of benzene rings is 1. The molecule has 42 heavy (non-hydrogen) atoms. The molecule has 2 heterocycles. The Kier molecular flexibility index (Phi) is 10.3. The highest BCUT2D eigenvalue weighted by Crippen LogP contribution is 2.71. The normalized spacial score (nSPS) is 26.3. The van der Waals surface area contributed by atoms with Crippen LogP contribution < -0.4 is 15.8 Å². The minimum Gasteiger partial charge on any atom is -0.404 e. The van der Waals surface area contributed by atoms with Gasteiger partial charge >= 0.3 is 37.0 Å². The van der Waals surface area contributed by atoms with Gasteiger partial charge in [0.25, 0.3) is 11.2 Å². The number of aliphatic hydroxyl groups excluding tert-OH is 2. The molecule has 1 saturated heterocycles. The Labute approximate surface area is 231 Å². The third kappa shape index (κ3) is 9.29. The fraction of sp³-hybridized carbons (Fsp3) is 0.333. The lowest BCUT2D eigenvalue weighted by Gasteiger charge is -2.20. The second-order valence-corrected chi connectivity index (χ2v) is 14.0. The summed E-state index contributed by atoms with van der Waals surface area (Å²) in [5.74, 6) is -0.600. The third-order valence-electron chi connectivity index (χ3n) is 4.75. The van der Waals surface area contributed by atoms with Crippen LogP contribution in [0.15, 0.2) is 46.1 Å². The van der Waals surface area contributed by atoms with Gasteiger partial charge in [-0.1, -0.05) is 0 Å². The summed E-state index contributed by atoms with van der Waals surface area (Å²) in [5.41, 5.74) is -2.32. The number of aliphatic hydroxyl groups is 2. The van der Waals surface area contributed by atoms with Gasteiger partial charge in [-0.05, 0) is 12.1 Å². The number of phosphoric ester groups is 2. The number of aromatic nitrogens is 2. The SMILES string of the molecule is O=c1ccn([C@@H]2O[C@H](COP(=O)(O)OP(=O)(O)OP(=O)(O)OP(=O)(O)Oc3ccc([N+](=O)[O-])cc3)[C@@H](O)[C@H]2O)c(=O)[nH]1. The number of nitrogens with one attached hydrogen (secondary N) is 1.